The molecular weight excluding hydrogens is 380 g/mol. The molecule has 1 atom stereocenters. The predicted molar refractivity (Wildman–Crippen MR) is 104 cm³/mol. The highest BCUT2D eigenvalue weighted by Gasteiger charge is 2.33. The molecule has 1 unspecified atom stereocenters. The van der Waals surface area contributed by atoms with Crippen LogP contribution < -0.4 is 5.32 Å². The van der Waals surface area contributed by atoms with Gasteiger partial charge in [-0.2, -0.15) is 0 Å². The van der Waals surface area contributed by atoms with Gasteiger partial charge in [0.25, 0.3) is 5.24 Å². The Morgan fingerprint density at radius 1 is 1.32 bits per heavy atom. The molecule has 0 saturated carbocycles. The van der Waals surface area contributed by atoms with Crippen LogP contribution in [0.4, 0.5) is 15.3 Å². The van der Waals surface area contributed by atoms with Crippen LogP contribution in [0.15, 0.2) is 34.9 Å². The zero-order valence-corrected chi connectivity index (χ0v) is 16.2. The Labute approximate surface area is 166 Å². The van der Waals surface area contributed by atoms with E-state index in [0.29, 0.717) is 18.0 Å². The number of carbonyl (C=O) groups is 3. The van der Waals surface area contributed by atoms with E-state index >= 15 is 0 Å². The molecule has 2 aromatic rings. The van der Waals surface area contributed by atoms with Crippen molar-refractivity contribution in [2.24, 2.45) is 0 Å². The van der Waals surface area contributed by atoms with Gasteiger partial charge in [-0.3, -0.25) is 14.5 Å². The molecule has 4 amide bonds. The second kappa shape index (κ2) is 7.67. The fraction of sp³-hybridized carbons (Fsp3) is 0.368. The summed E-state index contributed by atoms with van der Waals surface area (Å²) in [5.41, 5.74) is 2.28. The van der Waals surface area contributed by atoms with E-state index in [1.807, 2.05) is 13.0 Å². The molecule has 2 saturated heterocycles. The van der Waals surface area contributed by atoms with Gasteiger partial charge in [0.2, 0.25) is 5.91 Å². The smallest absolute Gasteiger partial charge is 0.322 e. The minimum Gasteiger partial charge on any atom is -0.359 e. The number of imide groups is 1. The Bertz CT molecular complexity index is 895. The van der Waals surface area contributed by atoms with E-state index in [0.717, 1.165) is 35.9 Å². The molecule has 1 N–H and O–H groups in total. The topological polar surface area (TPSA) is 95.8 Å². The quantitative estimate of drug-likeness (QED) is 0.843. The monoisotopic (exact) mass is 400 g/mol. The number of nitrogens with zero attached hydrogens (tertiary/aromatic N) is 3. The summed E-state index contributed by atoms with van der Waals surface area (Å²) in [6.07, 6.45) is 1.75. The van der Waals surface area contributed by atoms with Crippen molar-refractivity contribution in [1.29, 1.82) is 0 Å². The predicted octanol–water partition coefficient (Wildman–Crippen LogP) is 3.55. The number of hydrogen-bond donors (Lipinski definition) is 1. The number of rotatable bonds is 4. The highest BCUT2D eigenvalue weighted by molar-refractivity contribution is 8.14. The highest BCUT2D eigenvalue weighted by Crippen LogP contribution is 2.32. The van der Waals surface area contributed by atoms with Gasteiger partial charge in [0.05, 0.1) is 24.0 Å². The second-order valence-corrected chi connectivity index (χ2v) is 7.81. The Morgan fingerprint density at radius 2 is 2.11 bits per heavy atom. The van der Waals surface area contributed by atoms with E-state index in [2.05, 4.69) is 10.5 Å². The number of hydrogen-bond acceptors (Lipinski definition) is 6. The van der Waals surface area contributed by atoms with Crippen molar-refractivity contribution in [1.82, 2.24) is 15.0 Å². The molecule has 9 heteroatoms. The summed E-state index contributed by atoms with van der Waals surface area (Å²) in [6.45, 7) is 2.76. The lowest BCUT2D eigenvalue weighted by atomic mass is 10.1. The maximum absolute atomic E-state index is 12.7. The molecule has 0 bridgehead atoms. The van der Waals surface area contributed by atoms with Crippen LogP contribution in [0.2, 0.25) is 0 Å². The van der Waals surface area contributed by atoms with Crippen LogP contribution in [-0.4, -0.2) is 44.4 Å². The molecule has 3 heterocycles. The lowest BCUT2D eigenvalue weighted by molar-refractivity contribution is -0.125. The first kappa shape index (κ1) is 18.5. The first-order valence-electron chi connectivity index (χ1n) is 9.08. The largest absolute Gasteiger partial charge is 0.359 e. The van der Waals surface area contributed by atoms with Crippen molar-refractivity contribution in [3.63, 3.8) is 0 Å². The minimum absolute atomic E-state index is 0.106. The number of amides is 4. The average molecular weight is 400 g/mol. The van der Waals surface area contributed by atoms with Gasteiger partial charge in [-0.25, -0.2) is 4.79 Å². The molecule has 4 rings (SSSR count). The molecule has 0 spiro atoms. The van der Waals surface area contributed by atoms with Crippen molar-refractivity contribution >= 4 is 34.6 Å². The Hall–Kier alpha value is -2.81. The molecule has 2 aliphatic rings. The number of aryl methyl sites for hydroxylation is 1. The van der Waals surface area contributed by atoms with Crippen LogP contribution in [0.1, 0.15) is 35.9 Å². The number of urea groups is 1. The minimum atomic E-state index is -0.217. The third-order valence-corrected chi connectivity index (χ3v) is 5.73. The Morgan fingerprint density at radius 3 is 2.75 bits per heavy atom. The first-order valence-corrected chi connectivity index (χ1v) is 10.1. The van der Waals surface area contributed by atoms with Crippen LogP contribution in [-0.2, 0) is 11.3 Å². The standard InChI is InChI=1S/C19H20N4O4S/c1-12-9-16(27-21-12)15-3-2-8-22(15)18(25)20-14-6-4-13(5-7-14)10-23-17(24)11-28-19(23)26/h4-7,9,15H,2-3,8,10-11H2,1H3,(H,20,25). The average Bonchev–Trinajstić information content (AvgIpc) is 3.40. The van der Waals surface area contributed by atoms with Gasteiger partial charge in [-0.1, -0.05) is 29.1 Å². The summed E-state index contributed by atoms with van der Waals surface area (Å²) < 4.78 is 5.34. The van der Waals surface area contributed by atoms with Gasteiger partial charge in [0, 0.05) is 18.3 Å². The van der Waals surface area contributed by atoms with Gasteiger partial charge >= 0.3 is 6.03 Å². The molecule has 0 radical (unpaired) electrons. The lowest BCUT2D eigenvalue weighted by Crippen LogP contribution is -2.34. The summed E-state index contributed by atoms with van der Waals surface area (Å²) >= 11 is 1.02. The third kappa shape index (κ3) is 3.75. The Kier molecular flexibility index (Phi) is 5.08. The maximum atomic E-state index is 12.7. The van der Waals surface area contributed by atoms with Crippen molar-refractivity contribution in [2.75, 3.05) is 17.6 Å². The first-order chi connectivity index (χ1) is 13.5. The van der Waals surface area contributed by atoms with E-state index in [1.54, 1.807) is 29.2 Å². The molecule has 0 aliphatic carbocycles. The number of likely N-dealkylation sites (tertiary alicyclic amines) is 1. The van der Waals surface area contributed by atoms with Crippen molar-refractivity contribution in [3.8, 4) is 0 Å². The van der Waals surface area contributed by atoms with Crippen molar-refractivity contribution in [3.05, 3.63) is 47.3 Å². The fourth-order valence-corrected chi connectivity index (χ4v) is 4.18. The summed E-state index contributed by atoms with van der Waals surface area (Å²) in [5.74, 6) is 0.739. The van der Waals surface area contributed by atoms with Crippen LogP contribution >= 0.6 is 11.8 Å². The molecule has 1 aromatic carbocycles. The maximum Gasteiger partial charge on any atom is 0.322 e. The van der Waals surface area contributed by atoms with Gasteiger partial charge in [0.15, 0.2) is 5.76 Å². The molecule has 146 valence electrons. The van der Waals surface area contributed by atoms with Gasteiger partial charge in [-0.05, 0) is 37.5 Å². The summed E-state index contributed by atoms with van der Waals surface area (Å²) in [5, 5.41) is 6.60. The van der Waals surface area contributed by atoms with Crippen molar-refractivity contribution in [2.45, 2.75) is 32.4 Å². The van der Waals surface area contributed by atoms with E-state index in [9.17, 15) is 14.4 Å². The van der Waals surface area contributed by atoms with E-state index in [1.165, 1.54) is 4.90 Å². The number of benzene rings is 1. The zero-order chi connectivity index (χ0) is 19.7. The van der Waals surface area contributed by atoms with Gasteiger partial charge in [0.1, 0.15) is 0 Å². The van der Waals surface area contributed by atoms with Crippen LogP contribution in [0.3, 0.4) is 0 Å². The van der Waals surface area contributed by atoms with Crippen molar-refractivity contribution < 1.29 is 18.9 Å². The molecule has 2 aliphatic heterocycles. The number of nitrogens with one attached hydrogen (secondary N) is 1. The summed E-state index contributed by atoms with van der Waals surface area (Å²) in [6, 6.07) is 8.73. The number of thioether (sulfide) groups is 1. The number of carbonyl (C=O) groups excluding carboxylic acids is 3. The molecule has 8 nitrogen and oxygen atoms in total. The van der Waals surface area contributed by atoms with Crippen LogP contribution in [0, 0.1) is 6.92 Å². The van der Waals surface area contributed by atoms with Crippen LogP contribution in [0.5, 0.6) is 0 Å². The zero-order valence-electron chi connectivity index (χ0n) is 15.4. The fourth-order valence-electron chi connectivity index (χ4n) is 3.45. The highest BCUT2D eigenvalue weighted by atomic mass is 32.2. The van der Waals surface area contributed by atoms with E-state index in [4.69, 9.17) is 4.52 Å². The van der Waals surface area contributed by atoms with E-state index < -0.39 is 0 Å². The second-order valence-electron chi connectivity index (χ2n) is 6.88. The van der Waals surface area contributed by atoms with Crippen LogP contribution in [0.25, 0.3) is 0 Å². The van der Waals surface area contributed by atoms with E-state index in [-0.39, 0.29) is 35.5 Å². The molecule has 1 aromatic heterocycles. The molecular formula is C19H20N4O4S. The summed E-state index contributed by atoms with van der Waals surface area (Å²) in [7, 11) is 0. The number of anilines is 1. The SMILES string of the molecule is Cc1cc(C2CCCN2C(=O)Nc2ccc(CN3C(=O)CSC3=O)cc2)on1. The van der Waals surface area contributed by atoms with Gasteiger partial charge in [-0.15, -0.1) is 0 Å². The molecule has 2 fully saturated rings. The normalized spacial score (nSPS) is 19.5. The summed E-state index contributed by atoms with van der Waals surface area (Å²) in [4.78, 5) is 39.1. The number of aromatic nitrogens is 1. The Balaban J connectivity index is 1.39. The van der Waals surface area contributed by atoms with Gasteiger partial charge < -0.3 is 14.7 Å². The lowest BCUT2D eigenvalue weighted by Gasteiger charge is -2.23. The third-order valence-electron chi connectivity index (χ3n) is 4.87. The molecule has 28 heavy (non-hydrogen) atoms.